The summed E-state index contributed by atoms with van der Waals surface area (Å²) in [6, 6.07) is 5.96. The van der Waals surface area contributed by atoms with Crippen LogP contribution < -0.4 is 15.2 Å². The molecule has 0 unspecified atom stereocenters. The van der Waals surface area contributed by atoms with Crippen LogP contribution in [0.2, 0.25) is 0 Å². The third kappa shape index (κ3) is 7.51. The molecule has 0 bridgehead atoms. The molecule has 2 aromatic heterocycles. The van der Waals surface area contributed by atoms with Crippen LogP contribution in [0.3, 0.4) is 0 Å². The summed E-state index contributed by atoms with van der Waals surface area (Å²) >= 11 is 0. The molecule has 150 valence electrons. The molecule has 2 aromatic rings. The Kier molecular flexibility index (Phi) is 9.16. The molecular formula is C16H18N4O8. The van der Waals surface area contributed by atoms with Crippen molar-refractivity contribution in [2.45, 2.75) is 0 Å². The lowest BCUT2D eigenvalue weighted by atomic mass is 10.4. The molecule has 2 rings (SSSR count). The van der Waals surface area contributed by atoms with Gasteiger partial charge in [0.25, 0.3) is 5.88 Å². The predicted octanol–water partition coefficient (Wildman–Crippen LogP) is 0.757. The molecule has 12 nitrogen and oxygen atoms in total. The topological polar surface area (TPSA) is 166 Å². The number of methoxy groups -OCH3 is 2. The highest BCUT2D eigenvalue weighted by atomic mass is 16.6. The van der Waals surface area contributed by atoms with Gasteiger partial charge in [-0.05, 0) is 18.2 Å². The first kappa shape index (κ1) is 22.1. The van der Waals surface area contributed by atoms with Crippen LogP contribution >= 0.6 is 0 Å². The van der Waals surface area contributed by atoms with Crippen molar-refractivity contribution in [3.8, 4) is 11.8 Å². The standard InChI is InChI=1S/C8H8N2O5.C8H10N2O3/c1-14-7(11)5-15-8-6(10(12)13)3-2-4-9-8;1-12-7(11)5-13-8-6(9)3-2-4-10-8/h2-4H,5H2,1H3;2-4H,5,9H2,1H3. The molecule has 28 heavy (non-hydrogen) atoms. The summed E-state index contributed by atoms with van der Waals surface area (Å²) in [7, 11) is 2.48. The summed E-state index contributed by atoms with van der Waals surface area (Å²) in [4.78, 5) is 38.7. The van der Waals surface area contributed by atoms with E-state index in [2.05, 4.69) is 19.4 Å². The average Bonchev–Trinajstić information content (AvgIpc) is 2.71. The number of hydrogen-bond donors (Lipinski definition) is 1. The quantitative estimate of drug-likeness (QED) is 0.400. The van der Waals surface area contributed by atoms with Gasteiger partial charge in [-0.1, -0.05) is 0 Å². The molecule has 0 saturated carbocycles. The van der Waals surface area contributed by atoms with Gasteiger partial charge in [0.2, 0.25) is 5.88 Å². The van der Waals surface area contributed by atoms with E-state index >= 15 is 0 Å². The molecule has 0 aliphatic rings. The summed E-state index contributed by atoms with van der Waals surface area (Å²) in [5.74, 6) is -1.05. The number of anilines is 1. The highest BCUT2D eigenvalue weighted by molar-refractivity contribution is 5.71. The fourth-order valence-electron chi connectivity index (χ4n) is 1.53. The number of nitrogens with two attached hydrogens (primary N) is 1. The molecular weight excluding hydrogens is 376 g/mol. The zero-order chi connectivity index (χ0) is 20.9. The Hall–Kier alpha value is -3.96. The van der Waals surface area contributed by atoms with Gasteiger partial charge in [0.15, 0.2) is 13.2 Å². The summed E-state index contributed by atoms with van der Waals surface area (Å²) in [6.07, 6.45) is 2.86. The van der Waals surface area contributed by atoms with E-state index in [1.54, 1.807) is 12.1 Å². The molecule has 0 radical (unpaired) electrons. The highest BCUT2D eigenvalue weighted by Crippen LogP contribution is 2.22. The van der Waals surface area contributed by atoms with Crippen molar-refractivity contribution in [3.63, 3.8) is 0 Å². The summed E-state index contributed by atoms with van der Waals surface area (Å²) in [6.45, 7) is -0.591. The second-order valence-electron chi connectivity index (χ2n) is 4.71. The number of ether oxygens (including phenoxy) is 4. The Bertz CT molecular complexity index is 815. The minimum absolute atomic E-state index is 0.183. The minimum atomic E-state index is -0.639. The fourth-order valence-corrected chi connectivity index (χ4v) is 1.53. The van der Waals surface area contributed by atoms with E-state index in [0.717, 1.165) is 0 Å². The van der Waals surface area contributed by atoms with Crippen molar-refractivity contribution < 1.29 is 33.5 Å². The zero-order valence-electron chi connectivity index (χ0n) is 15.1. The molecule has 0 spiro atoms. The lowest BCUT2D eigenvalue weighted by Crippen LogP contribution is -2.13. The van der Waals surface area contributed by atoms with Gasteiger partial charge in [0, 0.05) is 18.5 Å². The van der Waals surface area contributed by atoms with E-state index < -0.39 is 23.5 Å². The predicted molar refractivity (Wildman–Crippen MR) is 94.6 cm³/mol. The van der Waals surface area contributed by atoms with E-state index in [1.807, 2.05) is 0 Å². The van der Waals surface area contributed by atoms with Crippen LogP contribution in [0, 0.1) is 10.1 Å². The maximum atomic E-state index is 10.7. The molecule has 0 aromatic carbocycles. The van der Waals surface area contributed by atoms with Crippen molar-refractivity contribution >= 4 is 23.3 Å². The van der Waals surface area contributed by atoms with E-state index in [9.17, 15) is 19.7 Å². The average molecular weight is 394 g/mol. The lowest BCUT2D eigenvalue weighted by molar-refractivity contribution is -0.386. The third-order valence-electron chi connectivity index (χ3n) is 2.86. The molecule has 2 N–H and O–H groups in total. The molecule has 12 heteroatoms. The molecule has 0 fully saturated rings. The number of pyridine rings is 2. The Morgan fingerprint density at radius 2 is 1.50 bits per heavy atom. The maximum Gasteiger partial charge on any atom is 0.343 e. The van der Waals surface area contributed by atoms with Gasteiger partial charge in [-0.3, -0.25) is 10.1 Å². The van der Waals surface area contributed by atoms with E-state index in [4.69, 9.17) is 15.2 Å². The third-order valence-corrected chi connectivity index (χ3v) is 2.86. The monoisotopic (exact) mass is 394 g/mol. The first-order valence-electron chi connectivity index (χ1n) is 7.58. The van der Waals surface area contributed by atoms with E-state index in [0.29, 0.717) is 5.69 Å². The Balaban J connectivity index is 0.000000283. The van der Waals surface area contributed by atoms with Gasteiger partial charge >= 0.3 is 17.6 Å². The van der Waals surface area contributed by atoms with Crippen LogP contribution in [-0.2, 0) is 19.1 Å². The first-order valence-corrected chi connectivity index (χ1v) is 7.58. The Morgan fingerprint density at radius 1 is 1.00 bits per heavy atom. The van der Waals surface area contributed by atoms with Crippen molar-refractivity contribution in [2.24, 2.45) is 0 Å². The smallest absolute Gasteiger partial charge is 0.343 e. The molecule has 0 atom stereocenters. The Morgan fingerprint density at radius 3 is 2.00 bits per heavy atom. The highest BCUT2D eigenvalue weighted by Gasteiger charge is 2.16. The van der Waals surface area contributed by atoms with Gasteiger partial charge in [-0.25, -0.2) is 19.6 Å². The second-order valence-corrected chi connectivity index (χ2v) is 4.71. The summed E-state index contributed by atoms with van der Waals surface area (Å²) < 4.78 is 18.5. The number of aromatic nitrogens is 2. The summed E-state index contributed by atoms with van der Waals surface area (Å²) in [5, 5.41) is 10.5. The largest absolute Gasteiger partial charge is 0.466 e. The minimum Gasteiger partial charge on any atom is -0.466 e. The van der Waals surface area contributed by atoms with Gasteiger partial charge in [-0.15, -0.1) is 0 Å². The van der Waals surface area contributed by atoms with Gasteiger partial charge < -0.3 is 24.7 Å². The number of rotatable bonds is 7. The SMILES string of the molecule is COC(=O)COc1ncccc1N.COC(=O)COc1ncccc1[N+](=O)[O-]. The normalized spacial score (nSPS) is 9.36. The van der Waals surface area contributed by atoms with Crippen LogP contribution in [0.5, 0.6) is 11.8 Å². The van der Waals surface area contributed by atoms with Crippen molar-refractivity contribution in [1.29, 1.82) is 0 Å². The van der Waals surface area contributed by atoms with Crippen LogP contribution in [0.4, 0.5) is 11.4 Å². The van der Waals surface area contributed by atoms with Gasteiger partial charge in [0.05, 0.1) is 24.8 Å². The molecule has 0 aliphatic heterocycles. The van der Waals surface area contributed by atoms with Crippen molar-refractivity contribution in [1.82, 2.24) is 9.97 Å². The fraction of sp³-hybridized carbons (Fsp3) is 0.250. The molecule has 0 aliphatic carbocycles. The number of nitro groups is 1. The number of carbonyl (C=O) groups excluding carboxylic acids is 2. The number of esters is 2. The van der Waals surface area contributed by atoms with Crippen LogP contribution in [0.1, 0.15) is 0 Å². The number of hydrogen-bond acceptors (Lipinski definition) is 11. The first-order chi connectivity index (χ1) is 13.4. The van der Waals surface area contributed by atoms with Crippen molar-refractivity contribution in [2.75, 3.05) is 33.2 Å². The maximum absolute atomic E-state index is 10.7. The lowest BCUT2D eigenvalue weighted by Gasteiger charge is -2.04. The van der Waals surface area contributed by atoms with Crippen molar-refractivity contribution in [3.05, 3.63) is 46.8 Å². The molecule has 2 heterocycles. The second kappa shape index (κ2) is 11.6. The summed E-state index contributed by atoms with van der Waals surface area (Å²) in [5.41, 5.74) is 5.61. The van der Waals surface area contributed by atoms with E-state index in [-0.39, 0.29) is 24.1 Å². The zero-order valence-corrected chi connectivity index (χ0v) is 15.1. The molecule has 0 amide bonds. The van der Waals surface area contributed by atoms with Crippen LogP contribution in [0.25, 0.3) is 0 Å². The van der Waals surface area contributed by atoms with Gasteiger partial charge in [-0.2, -0.15) is 0 Å². The van der Waals surface area contributed by atoms with E-state index in [1.165, 1.54) is 38.7 Å². The van der Waals surface area contributed by atoms with Crippen LogP contribution in [0.15, 0.2) is 36.7 Å². The number of carbonyl (C=O) groups is 2. The van der Waals surface area contributed by atoms with Gasteiger partial charge in [0.1, 0.15) is 0 Å². The Labute approximate surface area is 159 Å². The van der Waals surface area contributed by atoms with Crippen LogP contribution in [-0.4, -0.2) is 54.3 Å². The number of nitrogen functional groups attached to an aromatic ring is 1. The molecule has 0 saturated heterocycles. The number of nitrogens with zero attached hydrogens (tertiary/aromatic N) is 3.